The molecule has 0 atom stereocenters. The van der Waals surface area contributed by atoms with Crippen molar-refractivity contribution in [2.75, 3.05) is 5.32 Å². The number of aromatic nitrogens is 2. The number of anilines is 1. The fraction of sp³-hybridized carbons (Fsp3) is 0.0909. The number of carbonyl (C=O) groups excluding carboxylic acids is 1. The molecule has 1 N–H and O–H groups in total. The summed E-state index contributed by atoms with van der Waals surface area (Å²) in [6.45, 7) is 0.658. The third-order valence-electron chi connectivity index (χ3n) is 4.29. The predicted octanol–water partition coefficient (Wildman–Crippen LogP) is 6.32. The highest BCUT2D eigenvalue weighted by Crippen LogP contribution is 2.22. The first kappa shape index (κ1) is 21.3. The highest BCUT2D eigenvalue weighted by molar-refractivity contribution is 6.33. The average Bonchev–Trinajstić information content (AvgIpc) is 3.36. The number of rotatable bonds is 7. The maximum Gasteiger partial charge on any atom is 0.292 e. The van der Waals surface area contributed by atoms with Gasteiger partial charge in [0, 0.05) is 16.2 Å². The van der Waals surface area contributed by atoms with Gasteiger partial charge in [-0.15, -0.1) is 0 Å². The Balaban J connectivity index is 1.36. The van der Waals surface area contributed by atoms with Crippen molar-refractivity contribution >= 4 is 46.5 Å². The largest absolute Gasteiger partial charge is 0.486 e. The van der Waals surface area contributed by atoms with Gasteiger partial charge in [-0.05, 0) is 54.1 Å². The first-order valence-electron chi connectivity index (χ1n) is 9.22. The van der Waals surface area contributed by atoms with E-state index in [9.17, 15) is 4.79 Å². The van der Waals surface area contributed by atoms with Gasteiger partial charge < -0.3 is 14.5 Å². The zero-order valence-corrected chi connectivity index (χ0v) is 18.3. The molecular formula is C22H16Cl3N3O3. The van der Waals surface area contributed by atoms with Crippen LogP contribution < -0.4 is 10.1 Å². The smallest absolute Gasteiger partial charge is 0.292 e. The van der Waals surface area contributed by atoms with Crippen molar-refractivity contribution in [1.29, 1.82) is 0 Å². The molecule has 0 radical (unpaired) electrons. The molecule has 0 aliphatic heterocycles. The normalized spacial score (nSPS) is 10.8. The first-order valence-corrected chi connectivity index (χ1v) is 10.4. The van der Waals surface area contributed by atoms with Gasteiger partial charge in [-0.1, -0.05) is 46.9 Å². The van der Waals surface area contributed by atoms with Crippen LogP contribution in [0.4, 0.5) is 5.82 Å². The molecule has 0 unspecified atom stereocenters. The Morgan fingerprint density at radius 2 is 1.65 bits per heavy atom. The Labute approximate surface area is 193 Å². The van der Waals surface area contributed by atoms with E-state index in [4.69, 9.17) is 44.0 Å². The van der Waals surface area contributed by atoms with E-state index in [0.29, 0.717) is 33.1 Å². The van der Waals surface area contributed by atoms with Crippen molar-refractivity contribution in [2.24, 2.45) is 0 Å². The minimum absolute atomic E-state index is 0.123. The molecule has 4 rings (SSSR count). The second kappa shape index (κ2) is 9.47. The van der Waals surface area contributed by atoms with E-state index in [2.05, 4.69) is 10.4 Å². The van der Waals surface area contributed by atoms with Gasteiger partial charge >= 0.3 is 0 Å². The maximum atomic E-state index is 12.5. The predicted molar refractivity (Wildman–Crippen MR) is 120 cm³/mol. The molecule has 0 aliphatic carbocycles. The monoisotopic (exact) mass is 475 g/mol. The van der Waals surface area contributed by atoms with Crippen LogP contribution in [-0.2, 0) is 13.2 Å². The summed E-state index contributed by atoms with van der Waals surface area (Å²) in [6, 6.07) is 17.6. The fourth-order valence-corrected chi connectivity index (χ4v) is 3.22. The lowest BCUT2D eigenvalue weighted by atomic mass is 10.2. The second-order valence-corrected chi connectivity index (χ2v) is 7.89. The highest BCUT2D eigenvalue weighted by atomic mass is 35.5. The quantitative estimate of drug-likeness (QED) is 0.339. The van der Waals surface area contributed by atoms with Crippen molar-refractivity contribution in [3.63, 3.8) is 0 Å². The molecule has 0 saturated heterocycles. The Bertz CT molecular complexity index is 1180. The minimum atomic E-state index is -0.462. The standard InChI is InChI=1S/C22H16Cl3N3O3/c23-15-3-1-14(2-4-15)11-28-12-19(25)21(27-28)26-22(29)20-10-9-18(31-20)13-30-17-7-5-16(24)6-8-17/h1-10,12H,11,13H2,(H,26,27,29). The number of hydrogen-bond acceptors (Lipinski definition) is 4. The summed E-state index contributed by atoms with van der Waals surface area (Å²) in [7, 11) is 0. The Morgan fingerprint density at radius 1 is 0.968 bits per heavy atom. The van der Waals surface area contributed by atoms with E-state index in [-0.39, 0.29) is 18.2 Å². The molecular weight excluding hydrogens is 461 g/mol. The molecule has 2 heterocycles. The number of benzene rings is 2. The summed E-state index contributed by atoms with van der Waals surface area (Å²) < 4.78 is 12.8. The van der Waals surface area contributed by atoms with E-state index in [1.807, 2.05) is 12.1 Å². The third kappa shape index (κ3) is 5.61. The van der Waals surface area contributed by atoms with Crippen molar-refractivity contribution in [2.45, 2.75) is 13.2 Å². The average molecular weight is 477 g/mol. The molecule has 0 aliphatic rings. The molecule has 1 amide bonds. The zero-order valence-electron chi connectivity index (χ0n) is 16.0. The van der Waals surface area contributed by atoms with Crippen LogP contribution in [0.1, 0.15) is 21.9 Å². The molecule has 0 saturated carbocycles. The van der Waals surface area contributed by atoms with Crippen molar-refractivity contribution in [1.82, 2.24) is 9.78 Å². The SMILES string of the molecule is O=C(Nc1nn(Cc2ccc(Cl)cc2)cc1Cl)c1ccc(COc2ccc(Cl)cc2)o1. The molecule has 0 spiro atoms. The fourth-order valence-electron chi connectivity index (χ4n) is 2.77. The Kier molecular flexibility index (Phi) is 6.51. The summed E-state index contributed by atoms with van der Waals surface area (Å²) in [5, 5.41) is 8.59. The number of carbonyl (C=O) groups is 1. The van der Waals surface area contributed by atoms with Crippen molar-refractivity contribution in [3.8, 4) is 5.75 Å². The Hall–Kier alpha value is -2.93. The van der Waals surface area contributed by atoms with Crippen LogP contribution in [0, 0.1) is 0 Å². The van der Waals surface area contributed by atoms with Crippen LogP contribution in [0.2, 0.25) is 15.1 Å². The highest BCUT2D eigenvalue weighted by Gasteiger charge is 2.16. The molecule has 4 aromatic rings. The van der Waals surface area contributed by atoms with Gasteiger partial charge in [-0.25, -0.2) is 0 Å². The number of hydrogen-bond donors (Lipinski definition) is 1. The van der Waals surface area contributed by atoms with Crippen LogP contribution in [-0.4, -0.2) is 15.7 Å². The molecule has 0 fully saturated rings. The Morgan fingerprint density at radius 3 is 2.35 bits per heavy atom. The number of amides is 1. The van der Waals surface area contributed by atoms with Crippen LogP contribution in [0.5, 0.6) is 5.75 Å². The molecule has 9 heteroatoms. The van der Waals surface area contributed by atoms with Crippen LogP contribution >= 0.6 is 34.8 Å². The number of ether oxygens (including phenoxy) is 1. The van der Waals surface area contributed by atoms with Crippen molar-refractivity contribution < 1.29 is 13.9 Å². The lowest BCUT2D eigenvalue weighted by Gasteiger charge is -2.04. The summed E-state index contributed by atoms with van der Waals surface area (Å²) in [4.78, 5) is 12.5. The molecule has 0 bridgehead atoms. The molecule has 31 heavy (non-hydrogen) atoms. The van der Waals surface area contributed by atoms with Gasteiger partial charge in [0.25, 0.3) is 5.91 Å². The minimum Gasteiger partial charge on any atom is -0.486 e. The lowest BCUT2D eigenvalue weighted by Crippen LogP contribution is -2.12. The topological polar surface area (TPSA) is 69.3 Å². The van der Waals surface area contributed by atoms with E-state index in [1.54, 1.807) is 59.4 Å². The van der Waals surface area contributed by atoms with E-state index in [0.717, 1.165) is 5.56 Å². The van der Waals surface area contributed by atoms with Crippen LogP contribution in [0.3, 0.4) is 0 Å². The summed E-state index contributed by atoms with van der Waals surface area (Å²) in [5.41, 5.74) is 0.998. The van der Waals surface area contributed by atoms with Crippen molar-refractivity contribution in [3.05, 3.63) is 99.0 Å². The van der Waals surface area contributed by atoms with Gasteiger partial charge in [0.2, 0.25) is 0 Å². The number of halogens is 3. The molecule has 2 aromatic heterocycles. The van der Waals surface area contributed by atoms with E-state index >= 15 is 0 Å². The summed E-state index contributed by atoms with van der Waals surface area (Å²) in [5.74, 6) is 1.05. The van der Waals surface area contributed by atoms with Gasteiger partial charge in [0.15, 0.2) is 11.6 Å². The van der Waals surface area contributed by atoms with Gasteiger partial charge in [0.1, 0.15) is 23.1 Å². The molecule has 6 nitrogen and oxygen atoms in total. The summed E-state index contributed by atoms with van der Waals surface area (Å²) >= 11 is 18.0. The lowest BCUT2D eigenvalue weighted by molar-refractivity contribution is 0.0992. The number of nitrogens with one attached hydrogen (secondary N) is 1. The van der Waals surface area contributed by atoms with Gasteiger partial charge in [0.05, 0.1) is 6.54 Å². The summed E-state index contributed by atoms with van der Waals surface area (Å²) in [6.07, 6.45) is 1.64. The molecule has 2 aromatic carbocycles. The second-order valence-electron chi connectivity index (χ2n) is 6.61. The van der Waals surface area contributed by atoms with E-state index < -0.39 is 5.91 Å². The van der Waals surface area contributed by atoms with Crippen LogP contribution in [0.15, 0.2) is 71.3 Å². The molecule has 158 valence electrons. The van der Waals surface area contributed by atoms with Gasteiger partial charge in [-0.3, -0.25) is 9.48 Å². The van der Waals surface area contributed by atoms with Gasteiger partial charge in [-0.2, -0.15) is 5.10 Å². The van der Waals surface area contributed by atoms with Crippen LogP contribution in [0.25, 0.3) is 0 Å². The zero-order chi connectivity index (χ0) is 21.8. The third-order valence-corrected chi connectivity index (χ3v) is 5.07. The number of furan rings is 1. The first-order chi connectivity index (χ1) is 15.0. The number of nitrogens with zero attached hydrogens (tertiary/aromatic N) is 2. The van der Waals surface area contributed by atoms with E-state index in [1.165, 1.54) is 0 Å². The maximum absolute atomic E-state index is 12.5.